The van der Waals surface area contributed by atoms with Crippen LogP contribution in [-0.2, 0) is 17.8 Å². The molecular weight excluding hydrogens is 314 g/mol. The van der Waals surface area contributed by atoms with Gasteiger partial charge in [-0.05, 0) is 24.1 Å². The first-order valence-corrected chi connectivity index (χ1v) is 8.01. The van der Waals surface area contributed by atoms with Crippen LogP contribution < -0.4 is 10.1 Å². The van der Waals surface area contributed by atoms with Gasteiger partial charge in [-0.2, -0.15) is 0 Å². The van der Waals surface area contributed by atoms with E-state index in [0.717, 1.165) is 18.4 Å². The molecule has 23 heavy (non-hydrogen) atoms. The topological polar surface area (TPSA) is 64.1 Å². The molecule has 2 rings (SSSR count). The Morgan fingerprint density at radius 1 is 1.22 bits per heavy atom. The first-order chi connectivity index (χ1) is 11.2. The standard InChI is InChI=1S/C17H20ClN3O2/c1-2-3-10-23-17-14(7-5-9-20-17)12-21-15(22)11-13-6-4-8-19-16(13)18/h4-9H,2-3,10-12H2,1H3,(H,21,22). The summed E-state index contributed by atoms with van der Waals surface area (Å²) in [5, 5.41) is 3.21. The minimum atomic E-state index is -0.122. The molecule has 0 atom stereocenters. The molecule has 0 radical (unpaired) electrons. The molecule has 0 fully saturated rings. The Bertz CT molecular complexity index is 649. The van der Waals surface area contributed by atoms with E-state index < -0.39 is 0 Å². The molecule has 6 heteroatoms. The first kappa shape index (κ1) is 17.2. The van der Waals surface area contributed by atoms with Crippen molar-refractivity contribution in [1.29, 1.82) is 0 Å². The lowest BCUT2D eigenvalue weighted by Crippen LogP contribution is -2.25. The van der Waals surface area contributed by atoms with Gasteiger partial charge in [0, 0.05) is 24.5 Å². The third-order valence-corrected chi connectivity index (χ3v) is 3.59. The van der Waals surface area contributed by atoms with Crippen LogP contribution in [0.2, 0.25) is 5.15 Å². The number of aromatic nitrogens is 2. The summed E-state index contributed by atoms with van der Waals surface area (Å²) in [7, 11) is 0. The largest absolute Gasteiger partial charge is 0.477 e. The van der Waals surface area contributed by atoms with Crippen LogP contribution in [0.3, 0.4) is 0 Å². The number of rotatable bonds is 8. The van der Waals surface area contributed by atoms with Crippen LogP contribution in [0.4, 0.5) is 0 Å². The summed E-state index contributed by atoms with van der Waals surface area (Å²) in [5.74, 6) is 0.448. The maximum atomic E-state index is 12.1. The van der Waals surface area contributed by atoms with Gasteiger partial charge >= 0.3 is 0 Å². The molecule has 2 aromatic rings. The highest BCUT2D eigenvalue weighted by atomic mass is 35.5. The zero-order valence-electron chi connectivity index (χ0n) is 13.1. The number of ether oxygens (including phenoxy) is 1. The highest BCUT2D eigenvalue weighted by molar-refractivity contribution is 6.30. The lowest BCUT2D eigenvalue weighted by Gasteiger charge is -2.11. The van der Waals surface area contributed by atoms with Gasteiger partial charge in [0.05, 0.1) is 13.0 Å². The maximum Gasteiger partial charge on any atom is 0.224 e. The molecule has 0 unspecified atom stereocenters. The van der Waals surface area contributed by atoms with E-state index in [4.69, 9.17) is 16.3 Å². The van der Waals surface area contributed by atoms with Crippen molar-refractivity contribution >= 4 is 17.5 Å². The summed E-state index contributed by atoms with van der Waals surface area (Å²) in [6.07, 6.45) is 5.51. The Kier molecular flexibility index (Phi) is 6.81. The minimum Gasteiger partial charge on any atom is -0.477 e. The number of unbranched alkanes of at least 4 members (excludes halogenated alkanes) is 1. The number of nitrogens with zero attached hydrogens (tertiary/aromatic N) is 2. The van der Waals surface area contributed by atoms with Crippen molar-refractivity contribution in [2.24, 2.45) is 0 Å². The molecule has 0 aliphatic carbocycles. The molecule has 0 aliphatic rings. The molecule has 122 valence electrons. The minimum absolute atomic E-state index is 0.122. The monoisotopic (exact) mass is 333 g/mol. The van der Waals surface area contributed by atoms with Gasteiger partial charge in [-0.1, -0.05) is 37.1 Å². The number of hydrogen-bond acceptors (Lipinski definition) is 4. The van der Waals surface area contributed by atoms with Gasteiger partial charge in [-0.15, -0.1) is 0 Å². The Balaban J connectivity index is 1.90. The smallest absolute Gasteiger partial charge is 0.224 e. The Hall–Kier alpha value is -2.14. The average molecular weight is 334 g/mol. The van der Waals surface area contributed by atoms with Crippen LogP contribution in [0.25, 0.3) is 0 Å². The van der Waals surface area contributed by atoms with E-state index in [1.807, 2.05) is 12.1 Å². The molecule has 0 spiro atoms. The van der Waals surface area contributed by atoms with Crippen LogP contribution >= 0.6 is 11.6 Å². The van der Waals surface area contributed by atoms with E-state index in [-0.39, 0.29) is 12.3 Å². The van der Waals surface area contributed by atoms with Gasteiger partial charge in [0.15, 0.2) is 0 Å². The Labute approximate surface area is 141 Å². The third kappa shape index (κ3) is 5.53. The molecular formula is C17H20ClN3O2. The van der Waals surface area contributed by atoms with E-state index in [2.05, 4.69) is 22.2 Å². The average Bonchev–Trinajstić information content (AvgIpc) is 2.56. The highest BCUT2D eigenvalue weighted by Crippen LogP contribution is 2.15. The molecule has 0 aliphatic heterocycles. The van der Waals surface area contributed by atoms with E-state index >= 15 is 0 Å². The summed E-state index contributed by atoms with van der Waals surface area (Å²) in [6.45, 7) is 3.10. The van der Waals surface area contributed by atoms with E-state index in [0.29, 0.717) is 29.7 Å². The highest BCUT2D eigenvalue weighted by Gasteiger charge is 2.09. The van der Waals surface area contributed by atoms with Crippen LogP contribution in [0.15, 0.2) is 36.7 Å². The van der Waals surface area contributed by atoms with Gasteiger partial charge in [0.2, 0.25) is 11.8 Å². The van der Waals surface area contributed by atoms with Crippen LogP contribution in [-0.4, -0.2) is 22.5 Å². The molecule has 0 saturated carbocycles. The zero-order valence-corrected chi connectivity index (χ0v) is 13.8. The lowest BCUT2D eigenvalue weighted by molar-refractivity contribution is -0.120. The van der Waals surface area contributed by atoms with Crippen LogP contribution in [0.5, 0.6) is 5.88 Å². The molecule has 2 heterocycles. The number of halogens is 1. The van der Waals surface area contributed by atoms with Gasteiger partial charge in [-0.3, -0.25) is 4.79 Å². The summed E-state index contributed by atoms with van der Waals surface area (Å²) < 4.78 is 5.65. The van der Waals surface area contributed by atoms with Crippen molar-refractivity contribution in [2.45, 2.75) is 32.7 Å². The van der Waals surface area contributed by atoms with Crippen molar-refractivity contribution < 1.29 is 9.53 Å². The number of hydrogen-bond donors (Lipinski definition) is 1. The second kappa shape index (κ2) is 9.10. The molecule has 2 aromatic heterocycles. The second-order valence-electron chi connectivity index (χ2n) is 5.08. The van der Waals surface area contributed by atoms with Gasteiger partial charge in [-0.25, -0.2) is 9.97 Å². The number of nitrogens with one attached hydrogen (secondary N) is 1. The molecule has 1 amide bonds. The fourth-order valence-electron chi connectivity index (χ4n) is 1.98. The predicted octanol–water partition coefficient (Wildman–Crippen LogP) is 3.17. The molecule has 1 N–H and O–H groups in total. The number of pyridine rings is 2. The maximum absolute atomic E-state index is 12.1. The zero-order chi connectivity index (χ0) is 16.5. The van der Waals surface area contributed by atoms with Crippen molar-refractivity contribution in [2.75, 3.05) is 6.61 Å². The molecule has 0 saturated heterocycles. The molecule has 0 bridgehead atoms. The lowest BCUT2D eigenvalue weighted by atomic mass is 10.2. The fraction of sp³-hybridized carbons (Fsp3) is 0.353. The Morgan fingerprint density at radius 3 is 2.70 bits per heavy atom. The number of carbonyl (C=O) groups is 1. The van der Waals surface area contributed by atoms with Crippen molar-refractivity contribution in [1.82, 2.24) is 15.3 Å². The quantitative estimate of drug-likeness (QED) is 0.595. The van der Waals surface area contributed by atoms with E-state index in [1.165, 1.54) is 0 Å². The summed E-state index contributed by atoms with van der Waals surface area (Å²) >= 11 is 5.96. The summed E-state index contributed by atoms with van der Waals surface area (Å²) in [4.78, 5) is 20.2. The van der Waals surface area contributed by atoms with Gasteiger partial charge in [0.1, 0.15) is 5.15 Å². The van der Waals surface area contributed by atoms with Crippen LogP contribution in [0.1, 0.15) is 30.9 Å². The summed E-state index contributed by atoms with van der Waals surface area (Å²) in [5.41, 5.74) is 1.56. The normalized spacial score (nSPS) is 10.3. The van der Waals surface area contributed by atoms with Gasteiger partial charge in [0.25, 0.3) is 0 Å². The van der Waals surface area contributed by atoms with E-state index in [1.54, 1.807) is 24.5 Å². The SMILES string of the molecule is CCCCOc1ncccc1CNC(=O)Cc1cccnc1Cl. The second-order valence-corrected chi connectivity index (χ2v) is 5.43. The molecule has 5 nitrogen and oxygen atoms in total. The molecule has 0 aromatic carbocycles. The number of amides is 1. The van der Waals surface area contributed by atoms with Crippen molar-refractivity contribution in [3.8, 4) is 5.88 Å². The fourth-order valence-corrected chi connectivity index (χ4v) is 2.17. The Morgan fingerprint density at radius 2 is 1.96 bits per heavy atom. The predicted molar refractivity (Wildman–Crippen MR) is 89.4 cm³/mol. The first-order valence-electron chi connectivity index (χ1n) is 7.63. The van der Waals surface area contributed by atoms with Crippen molar-refractivity contribution in [3.05, 3.63) is 52.9 Å². The van der Waals surface area contributed by atoms with Crippen LogP contribution in [0, 0.1) is 0 Å². The third-order valence-electron chi connectivity index (χ3n) is 3.25. The summed E-state index contributed by atoms with van der Waals surface area (Å²) in [6, 6.07) is 7.27. The van der Waals surface area contributed by atoms with Crippen molar-refractivity contribution in [3.63, 3.8) is 0 Å². The number of carbonyl (C=O) groups excluding carboxylic acids is 1. The van der Waals surface area contributed by atoms with E-state index in [9.17, 15) is 4.79 Å². The van der Waals surface area contributed by atoms with Gasteiger partial charge < -0.3 is 10.1 Å².